The van der Waals surface area contributed by atoms with Crippen molar-refractivity contribution >= 4 is 43.6 Å². The van der Waals surface area contributed by atoms with E-state index in [1.165, 1.54) is 71.5 Å². The molecular weight excluding hydrogens is 621 g/mol. The molecule has 238 valence electrons. The highest BCUT2D eigenvalue weighted by atomic mass is 16.5. The molecule has 3 heterocycles. The van der Waals surface area contributed by atoms with Gasteiger partial charge in [-0.2, -0.15) is 0 Å². The topological polar surface area (TPSA) is 19.1 Å². The maximum Gasteiger partial charge on any atom is 0.152 e. The molecule has 0 spiro atoms. The molecule has 3 heteroatoms. The summed E-state index contributed by atoms with van der Waals surface area (Å²) in [6.07, 6.45) is 0. The van der Waals surface area contributed by atoms with E-state index in [-0.39, 0.29) is 0 Å². The van der Waals surface area contributed by atoms with E-state index in [0.717, 1.165) is 28.4 Å². The highest BCUT2D eigenvalue weighted by Crippen LogP contribution is 2.46. The van der Waals surface area contributed by atoms with Crippen LogP contribution in [0.4, 0.5) is 0 Å². The highest BCUT2D eigenvalue weighted by Gasteiger charge is 2.23. The van der Waals surface area contributed by atoms with E-state index in [0.29, 0.717) is 0 Å². The number of hydrogen-bond donors (Lipinski definition) is 0. The van der Waals surface area contributed by atoms with Crippen LogP contribution in [0, 0.1) is 0 Å². The van der Waals surface area contributed by atoms with Crippen LogP contribution in [0.3, 0.4) is 0 Å². The summed E-state index contributed by atoms with van der Waals surface area (Å²) in [5, 5.41) is 4.92. The van der Waals surface area contributed by atoms with E-state index in [1.54, 1.807) is 0 Å². The molecule has 3 nitrogen and oxygen atoms in total. The summed E-state index contributed by atoms with van der Waals surface area (Å²) in [6.45, 7) is 0. The van der Waals surface area contributed by atoms with Gasteiger partial charge in [-0.1, -0.05) is 121 Å². The quantitative estimate of drug-likeness (QED) is 0.185. The van der Waals surface area contributed by atoms with Gasteiger partial charge in [-0.25, -0.2) is 0 Å². The fourth-order valence-corrected chi connectivity index (χ4v) is 8.12. The third-order valence-electron chi connectivity index (χ3n) is 10.5. The monoisotopic (exact) mass is 650 g/mol. The van der Waals surface area contributed by atoms with E-state index in [4.69, 9.17) is 4.74 Å². The number of aromatic nitrogens is 2. The summed E-state index contributed by atoms with van der Waals surface area (Å²) in [5.41, 5.74) is 14.1. The molecule has 51 heavy (non-hydrogen) atoms. The van der Waals surface area contributed by atoms with E-state index in [9.17, 15) is 0 Å². The molecule has 0 unspecified atom stereocenters. The largest absolute Gasteiger partial charge is 0.453 e. The number of para-hydroxylation sites is 3. The maximum atomic E-state index is 6.34. The Morgan fingerprint density at radius 3 is 1.55 bits per heavy atom. The zero-order valence-electron chi connectivity index (χ0n) is 27.6. The van der Waals surface area contributed by atoms with Crippen LogP contribution in [0.2, 0.25) is 0 Å². The van der Waals surface area contributed by atoms with Crippen molar-refractivity contribution in [3.63, 3.8) is 0 Å². The van der Waals surface area contributed by atoms with Gasteiger partial charge in [0.2, 0.25) is 0 Å². The summed E-state index contributed by atoms with van der Waals surface area (Å²) < 4.78 is 11.1. The zero-order valence-corrected chi connectivity index (χ0v) is 27.6. The fraction of sp³-hybridized carbons (Fsp3) is 0. The normalized spacial score (nSPS) is 12.1. The smallest absolute Gasteiger partial charge is 0.152 e. The lowest BCUT2D eigenvalue weighted by Crippen LogP contribution is -2.03. The van der Waals surface area contributed by atoms with Gasteiger partial charge in [0.15, 0.2) is 11.5 Å². The van der Waals surface area contributed by atoms with Crippen LogP contribution in [-0.4, -0.2) is 9.13 Å². The third kappa shape index (κ3) is 4.25. The standard InChI is InChI=1S/C48H30N2O/c1-3-10-31(11-4-1)34-21-26-42-40(28-34)41-29-35(32-12-5-2-6-13-32)22-27-43(41)49(42)37-23-18-33(19-24-37)36-20-25-38-39-14-9-17-47-48(39)50(45(38)30-36)44-15-7-8-16-46(44)51-47/h1-30H. The van der Waals surface area contributed by atoms with E-state index >= 15 is 0 Å². The van der Waals surface area contributed by atoms with Crippen LogP contribution < -0.4 is 4.74 Å². The minimum Gasteiger partial charge on any atom is -0.453 e. The molecule has 0 N–H and O–H groups in total. The van der Waals surface area contributed by atoms with Crippen LogP contribution >= 0.6 is 0 Å². The molecule has 11 rings (SSSR count). The van der Waals surface area contributed by atoms with Crippen LogP contribution in [0.5, 0.6) is 11.5 Å². The first-order valence-corrected chi connectivity index (χ1v) is 17.4. The molecule has 0 saturated heterocycles. The minimum atomic E-state index is 0.878. The van der Waals surface area contributed by atoms with Crippen molar-refractivity contribution in [3.8, 4) is 56.3 Å². The predicted octanol–water partition coefficient (Wildman–Crippen LogP) is 13.0. The first-order chi connectivity index (χ1) is 25.3. The third-order valence-corrected chi connectivity index (χ3v) is 10.5. The fourth-order valence-electron chi connectivity index (χ4n) is 8.12. The van der Waals surface area contributed by atoms with Gasteiger partial charge in [-0.3, -0.25) is 0 Å². The summed E-state index contributed by atoms with van der Waals surface area (Å²) in [5.74, 6) is 1.77. The Morgan fingerprint density at radius 2 is 0.863 bits per heavy atom. The van der Waals surface area contributed by atoms with Crippen molar-refractivity contribution in [2.45, 2.75) is 0 Å². The van der Waals surface area contributed by atoms with Crippen LogP contribution in [-0.2, 0) is 0 Å². The van der Waals surface area contributed by atoms with Crippen molar-refractivity contribution in [2.24, 2.45) is 0 Å². The molecule has 1 aliphatic heterocycles. The molecule has 1 aliphatic rings. The van der Waals surface area contributed by atoms with E-state index in [1.807, 2.05) is 12.1 Å². The molecule has 2 aromatic heterocycles. The first kappa shape index (κ1) is 28.0. The maximum absolute atomic E-state index is 6.34. The molecule has 0 bridgehead atoms. The van der Waals surface area contributed by atoms with Gasteiger partial charge >= 0.3 is 0 Å². The van der Waals surface area contributed by atoms with Crippen LogP contribution in [0.1, 0.15) is 0 Å². The molecule has 0 aliphatic carbocycles. The summed E-state index contributed by atoms with van der Waals surface area (Å²) in [7, 11) is 0. The number of nitrogens with zero attached hydrogens (tertiary/aromatic N) is 2. The van der Waals surface area contributed by atoms with Crippen molar-refractivity contribution in [3.05, 3.63) is 182 Å². The Balaban J connectivity index is 1.06. The van der Waals surface area contributed by atoms with E-state index < -0.39 is 0 Å². The second-order valence-corrected chi connectivity index (χ2v) is 13.4. The van der Waals surface area contributed by atoms with Gasteiger partial charge in [0.25, 0.3) is 0 Å². The average molecular weight is 651 g/mol. The van der Waals surface area contributed by atoms with Gasteiger partial charge in [0, 0.05) is 27.2 Å². The van der Waals surface area contributed by atoms with Crippen molar-refractivity contribution < 1.29 is 4.74 Å². The number of hydrogen-bond acceptors (Lipinski definition) is 1. The van der Waals surface area contributed by atoms with Gasteiger partial charge in [0.1, 0.15) is 0 Å². The van der Waals surface area contributed by atoms with Gasteiger partial charge in [0.05, 0.1) is 27.8 Å². The minimum absolute atomic E-state index is 0.878. The number of ether oxygens (including phenoxy) is 1. The number of benzene rings is 8. The molecule has 0 fully saturated rings. The van der Waals surface area contributed by atoms with Gasteiger partial charge < -0.3 is 13.9 Å². The molecular formula is C48H30N2O. The Kier molecular flexibility index (Phi) is 5.96. The lowest BCUT2D eigenvalue weighted by atomic mass is 10.0. The lowest BCUT2D eigenvalue weighted by molar-refractivity contribution is 0.476. The average Bonchev–Trinajstić information content (AvgIpc) is 3.71. The van der Waals surface area contributed by atoms with Crippen molar-refractivity contribution in [1.29, 1.82) is 0 Å². The molecule has 0 saturated carbocycles. The Hall–Kier alpha value is -6.84. The van der Waals surface area contributed by atoms with Crippen molar-refractivity contribution in [2.75, 3.05) is 0 Å². The molecule has 10 aromatic rings. The summed E-state index contributed by atoms with van der Waals surface area (Å²) in [4.78, 5) is 0. The lowest BCUT2D eigenvalue weighted by Gasteiger charge is -2.20. The molecule has 0 amide bonds. The first-order valence-electron chi connectivity index (χ1n) is 17.4. The Labute approximate surface area is 294 Å². The van der Waals surface area contributed by atoms with Crippen molar-refractivity contribution in [1.82, 2.24) is 9.13 Å². The SMILES string of the molecule is c1ccc(-c2ccc3c(c2)c2cc(-c4ccccc4)ccc2n3-c2ccc(-c3ccc4c5cccc6c5n(c4c3)-c3ccccc3O6)cc2)cc1. The van der Waals surface area contributed by atoms with E-state index in [2.05, 4.69) is 179 Å². The number of rotatable bonds is 4. The molecule has 8 aromatic carbocycles. The van der Waals surface area contributed by atoms with Gasteiger partial charge in [-0.15, -0.1) is 0 Å². The Bertz CT molecular complexity index is 2870. The van der Waals surface area contributed by atoms with Gasteiger partial charge in [-0.05, 0) is 94.0 Å². The summed E-state index contributed by atoms with van der Waals surface area (Å²) in [6, 6.07) is 65.6. The van der Waals surface area contributed by atoms with Crippen LogP contribution in [0.15, 0.2) is 182 Å². The second kappa shape index (κ2) is 10.8. The molecule has 0 atom stereocenters. The zero-order chi connectivity index (χ0) is 33.5. The highest BCUT2D eigenvalue weighted by molar-refractivity contribution is 6.13. The Morgan fingerprint density at radius 1 is 0.314 bits per heavy atom. The molecule has 0 radical (unpaired) electrons. The second-order valence-electron chi connectivity index (χ2n) is 13.4. The summed E-state index contributed by atoms with van der Waals surface area (Å²) >= 11 is 0. The predicted molar refractivity (Wildman–Crippen MR) is 212 cm³/mol. The van der Waals surface area contributed by atoms with Crippen LogP contribution in [0.25, 0.3) is 88.4 Å². The number of fused-ring (bicyclic) bond motifs is 8.